The van der Waals surface area contributed by atoms with E-state index < -0.39 is 10.0 Å². The van der Waals surface area contributed by atoms with Crippen molar-refractivity contribution in [2.45, 2.75) is 10.1 Å². The number of nitrogens with one attached hydrogen (secondary N) is 1. The number of hydrogen-bond donors (Lipinski definition) is 2. The fourth-order valence-electron chi connectivity index (χ4n) is 1.41. The Kier molecular flexibility index (Phi) is 4.71. The summed E-state index contributed by atoms with van der Waals surface area (Å²) >= 11 is 3.66. The molecule has 2 rings (SSSR count). The Morgan fingerprint density at radius 2 is 2.11 bits per heavy atom. The predicted molar refractivity (Wildman–Crippen MR) is 75.2 cm³/mol. The van der Waals surface area contributed by atoms with Gasteiger partial charge in [-0.25, -0.2) is 23.1 Å². The van der Waals surface area contributed by atoms with E-state index in [-0.39, 0.29) is 10.8 Å². The van der Waals surface area contributed by atoms with Gasteiger partial charge in [0.05, 0.1) is 12.4 Å². The zero-order chi connectivity index (χ0) is 13.0. The maximum atomic E-state index is 11.9. The molecular weight excluding hydrogens is 292 g/mol. The smallest absolute Gasteiger partial charge is 0.243 e. The number of nitrogens with zero attached hydrogens (tertiary/aromatic N) is 2. The standard InChI is InChI=1S/C9H14N4O2S3/c10-9-11-4-8(5-12-9)18(14,15)13-3-7-6-16-1-2-17-7/h4-5,7,13H,1-3,6H2,(H2,10,11,12). The van der Waals surface area contributed by atoms with E-state index in [2.05, 4.69) is 14.7 Å². The van der Waals surface area contributed by atoms with Crippen LogP contribution in [0.5, 0.6) is 0 Å². The molecule has 1 unspecified atom stereocenters. The number of nitrogens with two attached hydrogens (primary N) is 1. The van der Waals surface area contributed by atoms with Gasteiger partial charge in [0.15, 0.2) is 0 Å². The first kappa shape index (κ1) is 13.9. The summed E-state index contributed by atoms with van der Waals surface area (Å²) in [4.78, 5) is 7.40. The second-order valence-electron chi connectivity index (χ2n) is 3.70. The van der Waals surface area contributed by atoms with Crippen LogP contribution in [-0.2, 0) is 10.0 Å². The maximum Gasteiger partial charge on any atom is 0.243 e. The average molecular weight is 306 g/mol. The molecule has 0 saturated carbocycles. The fraction of sp³-hybridized carbons (Fsp3) is 0.556. The van der Waals surface area contributed by atoms with Gasteiger partial charge in [0.1, 0.15) is 4.90 Å². The van der Waals surface area contributed by atoms with Crippen molar-refractivity contribution >= 4 is 39.5 Å². The maximum absolute atomic E-state index is 11.9. The van der Waals surface area contributed by atoms with E-state index in [4.69, 9.17) is 5.73 Å². The molecule has 100 valence electrons. The van der Waals surface area contributed by atoms with Crippen molar-refractivity contribution in [3.05, 3.63) is 12.4 Å². The van der Waals surface area contributed by atoms with E-state index >= 15 is 0 Å². The Morgan fingerprint density at radius 1 is 1.39 bits per heavy atom. The molecule has 3 N–H and O–H groups in total. The summed E-state index contributed by atoms with van der Waals surface area (Å²) in [7, 11) is -3.53. The van der Waals surface area contributed by atoms with Crippen molar-refractivity contribution in [2.75, 3.05) is 29.5 Å². The molecule has 9 heteroatoms. The molecule has 2 heterocycles. The van der Waals surface area contributed by atoms with Gasteiger partial charge in [-0.1, -0.05) is 0 Å². The molecule has 0 amide bonds. The molecule has 1 aliphatic rings. The Labute approximate surface area is 115 Å². The SMILES string of the molecule is Nc1ncc(S(=O)(=O)NCC2CSCCS2)cn1. The van der Waals surface area contributed by atoms with Gasteiger partial charge in [0, 0.05) is 29.1 Å². The Hall–Kier alpha value is -0.510. The third kappa shape index (κ3) is 3.74. The highest BCUT2D eigenvalue weighted by molar-refractivity contribution is 8.06. The molecule has 0 spiro atoms. The number of rotatable bonds is 4. The molecule has 1 aliphatic heterocycles. The van der Waals surface area contributed by atoms with Crippen molar-refractivity contribution in [2.24, 2.45) is 0 Å². The van der Waals surface area contributed by atoms with Gasteiger partial charge < -0.3 is 5.73 Å². The normalized spacial score (nSPS) is 20.8. The van der Waals surface area contributed by atoms with Crippen LogP contribution < -0.4 is 10.5 Å². The zero-order valence-electron chi connectivity index (χ0n) is 9.57. The van der Waals surface area contributed by atoms with Gasteiger partial charge >= 0.3 is 0 Å². The number of aromatic nitrogens is 2. The van der Waals surface area contributed by atoms with Gasteiger partial charge in [0.25, 0.3) is 0 Å². The largest absolute Gasteiger partial charge is 0.368 e. The Bertz CT molecular complexity index is 485. The number of hydrogen-bond acceptors (Lipinski definition) is 7. The first-order chi connectivity index (χ1) is 8.58. The van der Waals surface area contributed by atoms with Crippen molar-refractivity contribution in [3.63, 3.8) is 0 Å². The van der Waals surface area contributed by atoms with Gasteiger partial charge in [-0.15, -0.1) is 0 Å². The molecule has 0 bridgehead atoms. The summed E-state index contributed by atoms with van der Waals surface area (Å²) < 4.78 is 26.5. The van der Waals surface area contributed by atoms with Crippen LogP contribution >= 0.6 is 23.5 Å². The minimum absolute atomic E-state index is 0.0464. The Morgan fingerprint density at radius 3 is 2.72 bits per heavy atom. The summed E-state index contributed by atoms with van der Waals surface area (Å²) in [6.45, 7) is 0.435. The predicted octanol–water partition coefficient (Wildman–Crippen LogP) is 0.186. The minimum Gasteiger partial charge on any atom is -0.368 e. The van der Waals surface area contributed by atoms with Crippen LogP contribution in [0.15, 0.2) is 17.3 Å². The summed E-state index contributed by atoms with van der Waals surface area (Å²) in [6.07, 6.45) is 2.43. The van der Waals surface area contributed by atoms with Crippen molar-refractivity contribution in [3.8, 4) is 0 Å². The molecule has 0 aromatic carbocycles. The summed E-state index contributed by atoms with van der Waals surface area (Å²) in [6, 6.07) is 0. The second kappa shape index (κ2) is 6.09. The van der Waals surface area contributed by atoms with Crippen molar-refractivity contribution in [1.29, 1.82) is 0 Å². The first-order valence-corrected chi connectivity index (χ1v) is 9.03. The molecule has 18 heavy (non-hydrogen) atoms. The fourth-order valence-corrected chi connectivity index (χ4v) is 5.09. The molecule has 1 aromatic rings. The number of nitrogen functional groups attached to an aromatic ring is 1. The highest BCUT2D eigenvalue weighted by Gasteiger charge is 2.19. The number of sulfonamides is 1. The van der Waals surface area contributed by atoms with Crippen LogP contribution in [0.4, 0.5) is 5.95 Å². The van der Waals surface area contributed by atoms with Crippen LogP contribution in [0.25, 0.3) is 0 Å². The van der Waals surface area contributed by atoms with Crippen LogP contribution in [0.2, 0.25) is 0 Å². The average Bonchev–Trinajstić information content (AvgIpc) is 2.38. The summed E-state index contributed by atoms with van der Waals surface area (Å²) in [5, 5.41) is 0.327. The van der Waals surface area contributed by atoms with E-state index in [0.29, 0.717) is 11.8 Å². The third-order valence-corrected chi connectivity index (χ3v) is 6.57. The molecule has 1 saturated heterocycles. The van der Waals surface area contributed by atoms with E-state index in [1.54, 1.807) is 11.8 Å². The van der Waals surface area contributed by atoms with Crippen LogP contribution in [0, 0.1) is 0 Å². The molecule has 1 aromatic heterocycles. The van der Waals surface area contributed by atoms with E-state index in [1.807, 2.05) is 11.8 Å². The van der Waals surface area contributed by atoms with E-state index in [1.165, 1.54) is 12.4 Å². The Balaban J connectivity index is 1.96. The van der Waals surface area contributed by atoms with E-state index in [9.17, 15) is 8.42 Å². The summed E-state index contributed by atoms with van der Waals surface area (Å²) in [5.74, 6) is 3.25. The van der Waals surface area contributed by atoms with Crippen molar-refractivity contribution in [1.82, 2.24) is 14.7 Å². The molecule has 0 aliphatic carbocycles. The van der Waals surface area contributed by atoms with Gasteiger partial charge in [-0.3, -0.25) is 0 Å². The second-order valence-corrected chi connectivity index (χ2v) is 8.02. The monoisotopic (exact) mass is 306 g/mol. The topological polar surface area (TPSA) is 98.0 Å². The highest BCUT2D eigenvalue weighted by Crippen LogP contribution is 2.23. The lowest BCUT2D eigenvalue weighted by molar-refractivity contribution is 0.580. The molecule has 1 fully saturated rings. The highest BCUT2D eigenvalue weighted by atomic mass is 32.2. The number of thioether (sulfide) groups is 2. The number of anilines is 1. The van der Waals surface area contributed by atoms with E-state index in [0.717, 1.165) is 17.3 Å². The van der Waals surface area contributed by atoms with Gasteiger partial charge in [-0.05, 0) is 0 Å². The van der Waals surface area contributed by atoms with Gasteiger partial charge in [0.2, 0.25) is 16.0 Å². The van der Waals surface area contributed by atoms with Crippen LogP contribution in [0.3, 0.4) is 0 Å². The molecular formula is C9H14N4O2S3. The minimum atomic E-state index is -3.53. The quantitative estimate of drug-likeness (QED) is 0.819. The summed E-state index contributed by atoms with van der Waals surface area (Å²) in [5.41, 5.74) is 5.32. The third-order valence-electron chi connectivity index (χ3n) is 2.34. The van der Waals surface area contributed by atoms with Crippen molar-refractivity contribution < 1.29 is 8.42 Å². The lowest BCUT2D eigenvalue weighted by Crippen LogP contribution is -2.33. The van der Waals surface area contributed by atoms with Crippen LogP contribution in [-0.4, -0.2) is 47.4 Å². The molecule has 6 nitrogen and oxygen atoms in total. The first-order valence-electron chi connectivity index (χ1n) is 5.34. The van der Waals surface area contributed by atoms with Gasteiger partial charge in [-0.2, -0.15) is 23.5 Å². The molecule has 1 atom stereocenters. The lowest BCUT2D eigenvalue weighted by atomic mass is 10.5. The van der Waals surface area contributed by atoms with Crippen LogP contribution in [0.1, 0.15) is 0 Å². The zero-order valence-corrected chi connectivity index (χ0v) is 12.0. The molecule has 0 radical (unpaired) electrons. The lowest BCUT2D eigenvalue weighted by Gasteiger charge is -2.20.